The number of rotatable bonds is 4. The van der Waals surface area contributed by atoms with Crippen molar-refractivity contribution in [2.24, 2.45) is 5.92 Å². The Kier molecular flexibility index (Phi) is 5.00. The highest BCUT2D eigenvalue weighted by Crippen LogP contribution is 2.28. The first-order valence-electron chi connectivity index (χ1n) is 3.87. The highest BCUT2D eigenvalue weighted by atomic mass is 35.7. The second-order valence-corrected chi connectivity index (χ2v) is 11.1. The van der Waals surface area contributed by atoms with Gasteiger partial charge in [-0.1, -0.05) is 26.7 Å². The van der Waals surface area contributed by atoms with Crippen LogP contribution in [0.4, 0.5) is 0 Å². The van der Waals surface area contributed by atoms with Crippen LogP contribution in [0.15, 0.2) is 0 Å². The van der Waals surface area contributed by atoms with E-state index < -0.39 is 6.69 Å². The quantitative estimate of drug-likeness (QED) is 0.474. The number of hydrogen-bond donors (Lipinski definition) is 0. The van der Waals surface area contributed by atoms with Gasteiger partial charge in [0, 0.05) is 0 Å². The molecule has 0 fully saturated rings. The van der Waals surface area contributed by atoms with E-state index in [9.17, 15) is 0 Å². The molecule has 0 nitrogen and oxygen atoms in total. The van der Waals surface area contributed by atoms with Crippen LogP contribution < -0.4 is 0 Å². The van der Waals surface area contributed by atoms with Crippen LogP contribution >= 0.6 is 22.2 Å². The van der Waals surface area contributed by atoms with Gasteiger partial charge in [-0.25, -0.2) is 0 Å². The molecule has 0 unspecified atom stereocenters. The third-order valence-corrected chi connectivity index (χ3v) is 4.02. The van der Waals surface area contributed by atoms with Gasteiger partial charge >= 0.3 is 0 Å². The first kappa shape index (κ1) is 10.8. The molecule has 0 saturated heterocycles. The van der Waals surface area contributed by atoms with Crippen LogP contribution in [0.5, 0.6) is 0 Å². The second-order valence-electron chi connectivity index (χ2n) is 2.96. The van der Waals surface area contributed by atoms with Crippen molar-refractivity contribution in [3.05, 3.63) is 0 Å². The fourth-order valence-corrected chi connectivity index (χ4v) is 3.98. The van der Waals surface area contributed by atoms with Gasteiger partial charge in [0.1, 0.15) is 0 Å². The molecular formula is C7H16Cl2Si. The number of halogens is 2. The van der Waals surface area contributed by atoms with Gasteiger partial charge in [0.2, 0.25) is 6.69 Å². The summed E-state index contributed by atoms with van der Waals surface area (Å²) >= 11 is 12.0. The monoisotopic (exact) mass is 198 g/mol. The minimum atomic E-state index is -1.82. The van der Waals surface area contributed by atoms with Crippen molar-refractivity contribution in [3.8, 4) is 0 Å². The summed E-state index contributed by atoms with van der Waals surface area (Å²) in [7, 11) is 0. The van der Waals surface area contributed by atoms with Gasteiger partial charge in [-0.3, -0.25) is 0 Å². The van der Waals surface area contributed by atoms with Crippen LogP contribution in [0.25, 0.3) is 0 Å². The van der Waals surface area contributed by atoms with E-state index in [2.05, 4.69) is 13.8 Å². The Hall–Kier alpha value is 0.797. The summed E-state index contributed by atoms with van der Waals surface area (Å²) in [5.41, 5.74) is 0. The molecule has 0 spiro atoms. The minimum absolute atomic E-state index is 0.742. The van der Waals surface area contributed by atoms with E-state index in [1.807, 2.05) is 6.55 Å². The summed E-state index contributed by atoms with van der Waals surface area (Å²) in [6.07, 6.45) is 2.41. The molecule has 0 bridgehead atoms. The third-order valence-electron chi connectivity index (χ3n) is 1.80. The smallest absolute Gasteiger partial charge is 0.146 e. The highest BCUT2D eigenvalue weighted by Gasteiger charge is 2.24. The van der Waals surface area contributed by atoms with E-state index in [1.54, 1.807) is 0 Å². The molecule has 0 aromatic rings. The fourth-order valence-electron chi connectivity index (χ4n) is 1.08. The Morgan fingerprint density at radius 2 is 1.60 bits per heavy atom. The zero-order valence-corrected chi connectivity index (χ0v) is 9.47. The van der Waals surface area contributed by atoms with Crippen LogP contribution in [-0.2, 0) is 0 Å². The van der Waals surface area contributed by atoms with Gasteiger partial charge in [-0.15, -0.1) is 22.2 Å². The third kappa shape index (κ3) is 5.57. The summed E-state index contributed by atoms with van der Waals surface area (Å²) in [5.74, 6) is 0.742. The van der Waals surface area contributed by atoms with Crippen molar-refractivity contribution in [2.75, 3.05) is 0 Å². The minimum Gasteiger partial charge on any atom is -0.146 e. The molecule has 0 radical (unpaired) electrons. The lowest BCUT2D eigenvalue weighted by Crippen LogP contribution is -2.17. The van der Waals surface area contributed by atoms with Crippen molar-refractivity contribution in [2.45, 2.75) is 39.3 Å². The molecule has 0 amide bonds. The van der Waals surface area contributed by atoms with Gasteiger partial charge in [-0.05, 0) is 18.5 Å². The molecule has 0 aliphatic heterocycles. The summed E-state index contributed by atoms with van der Waals surface area (Å²) in [6, 6.07) is 1.04. The van der Waals surface area contributed by atoms with Crippen molar-refractivity contribution >= 4 is 28.9 Å². The molecule has 62 valence electrons. The predicted molar refractivity (Wildman–Crippen MR) is 52.2 cm³/mol. The first-order chi connectivity index (χ1) is 4.49. The van der Waals surface area contributed by atoms with Crippen LogP contribution in [0.1, 0.15) is 26.7 Å². The first-order valence-corrected chi connectivity index (χ1v) is 8.60. The maximum atomic E-state index is 5.99. The molecule has 0 rings (SSSR count). The molecule has 0 saturated carbocycles. The van der Waals surface area contributed by atoms with E-state index in [0.717, 1.165) is 12.0 Å². The molecule has 0 aliphatic carbocycles. The molecule has 0 aromatic carbocycles. The maximum Gasteiger partial charge on any atom is 0.248 e. The van der Waals surface area contributed by atoms with Crippen LogP contribution in [0.3, 0.4) is 0 Å². The Morgan fingerprint density at radius 1 is 1.20 bits per heavy atom. The summed E-state index contributed by atoms with van der Waals surface area (Å²) < 4.78 is 0. The Bertz CT molecular complexity index is 84.1. The van der Waals surface area contributed by atoms with Crippen molar-refractivity contribution < 1.29 is 0 Å². The Morgan fingerprint density at radius 3 is 1.70 bits per heavy atom. The lowest BCUT2D eigenvalue weighted by atomic mass is 10.1. The van der Waals surface area contributed by atoms with E-state index in [1.165, 1.54) is 12.8 Å². The van der Waals surface area contributed by atoms with Gasteiger partial charge in [-0.2, -0.15) is 0 Å². The summed E-state index contributed by atoms with van der Waals surface area (Å²) in [6.45, 7) is 4.57. The van der Waals surface area contributed by atoms with E-state index in [-0.39, 0.29) is 0 Å². The summed E-state index contributed by atoms with van der Waals surface area (Å²) in [4.78, 5) is 0. The Labute approximate surface area is 74.3 Å². The molecule has 0 aromatic heterocycles. The fraction of sp³-hybridized carbons (Fsp3) is 1.00. The largest absolute Gasteiger partial charge is 0.248 e. The zero-order chi connectivity index (χ0) is 8.20. The van der Waals surface area contributed by atoms with Gasteiger partial charge in [0.15, 0.2) is 0 Å². The van der Waals surface area contributed by atoms with Crippen molar-refractivity contribution in [1.82, 2.24) is 0 Å². The molecule has 0 atom stereocenters. The predicted octanol–water partition coefficient (Wildman–Crippen LogP) is 3.97. The van der Waals surface area contributed by atoms with Gasteiger partial charge in [0.25, 0.3) is 0 Å². The van der Waals surface area contributed by atoms with Gasteiger partial charge in [0.05, 0.1) is 0 Å². The van der Waals surface area contributed by atoms with E-state index in [4.69, 9.17) is 22.2 Å². The number of hydrogen-bond acceptors (Lipinski definition) is 0. The van der Waals surface area contributed by atoms with Crippen LogP contribution in [-0.4, -0.2) is 6.69 Å². The maximum absolute atomic E-state index is 5.99. The van der Waals surface area contributed by atoms with Crippen LogP contribution in [0.2, 0.25) is 12.6 Å². The average Bonchev–Trinajstić information content (AvgIpc) is 1.81. The van der Waals surface area contributed by atoms with Crippen molar-refractivity contribution in [1.29, 1.82) is 0 Å². The highest BCUT2D eigenvalue weighted by molar-refractivity contribution is 7.44. The Balaban J connectivity index is 3.63. The lowest BCUT2D eigenvalue weighted by molar-refractivity contribution is 0.540. The lowest BCUT2D eigenvalue weighted by Gasteiger charge is -2.17. The SMILES string of the molecule is CCC(CC)C[Si](C)(Cl)Cl. The summed E-state index contributed by atoms with van der Waals surface area (Å²) in [5, 5.41) is 0. The standard InChI is InChI=1S/C7H16Cl2Si/c1-4-7(5-2)6-10(3,8)9/h7H,4-6H2,1-3H3. The zero-order valence-electron chi connectivity index (χ0n) is 6.95. The molecule has 0 heterocycles. The second kappa shape index (κ2) is 4.63. The van der Waals surface area contributed by atoms with E-state index in [0.29, 0.717) is 0 Å². The van der Waals surface area contributed by atoms with E-state index >= 15 is 0 Å². The molecule has 0 aliphatic rings. The molecule has 10 heavy (non-hydrogen) atoms. The topological polar surface area (TPSA) is 0 Å². The molecular weight excluding hydrogens is 183 g/mol. The average molecular weight is 199 g/mol. The molecule has 3 heteroatoms. The van der Waals surface area contributed by atoms with Crippen LogP contribution in [0, 0.1) is 5.92 Å². The normalized spacial score (nSPS) is 12.6. The van der Waals surface area contributed by atoms with Gasteiger partial charge < -0.3 is 0 Å². The van der Waals surface area contributed by atoms with Crippen molar-refractivity contribution in [3.63, 3.8) is 0 Å². The molecule has 0 N–H and O–H groups in total.